The number of carbonyl (C=O) groups is 2. The van der Waals surface area contributed by atoms with E-state index in [1.54, 1.807) is 0 Å². The quantitative estimate of drug-likeness (QED) is 0.761. The second-order valence-electron chi connectivity index (χ2n) is 4.68. The van der Waals surface area contributed by atoms with Gasteiger partial charge in [0.2, 0.25) is 0 Å². The third-order valence-electron chi connectivity index (χ3n) is 2.56. The molecule has 19 heavy (non-hydrogen) atoms. The van der Waals surface area contributed by atoms with E-state index in [0.717, 1.165) is 18.0 Å². The predicted octanol–water partition coefficient (Wildman–Crippen LogP) is 1.39. The summed E-state index contributed by atoms with van der Waals surface area (Å²) >= 11 is 0.944. The number of rotatable bonds is 5. The molecule has 0 bridgehead atoms. The van der Waals surface area contributed by atoms with Crippen molar-refractivity contribution in [3.05, 3.63) is 10.6 Å². The molecule has 0 unspecified atom stereocenters. The van der Waals surface area contributed by atoms with Gasteiger partial charge in [-0.1, -0.05) is 6.92 Å². The number of hydrogen-bond acceptors (Lipinski definition) is 5. The SMILES string of the molecule is CC[C@H](C)NC(=O)c1snc(C(=O)NC(C)C)c1N. The summed E-state index contributed by atoms with van der Waals surface area (Å²) in [6, 6.07) is 0.0490. The van der Waals surface area contributed by atoms with Gasteiger partial charge in [-0.05, 0) is 38.7 Å². The van der Waals surface area contributed by atoms with Crippen LogP contribution in [-0.4, -0.2) is 28.3 Å². The molecule has 0 saturated heterocycles. The zero-order chi connectivity index (χ0) is 14.6. The van der Waals surface area contributed by atoms with Crippen LogP contribution in [0.15, 0.2) is 0 Å². The third kappa shape index (κ3) is 3.92. The van der Waals surface area contributed by atoms with E-state index in [0.29, 0.717) is 0 Å². The van der Waals surface area contributed by atoms with Crippen molar-refractivity contribution in [1.29, 1.82) is 0 Å². The van der Waals surface area contributed by atoms with Gasteiger partial charge in [-0.2, -0.15) is 4.37 Å². The van der Waals surface area contributed by atoms with Gasteiger partial charge in [-0.15, -0.1) is 0 Å². The van der Waals surface area contributed by atoms with Crippen molar-refractivity contribution < 1.29 is 9.59 Å². The second kappa shape index (κ2) is 6.51. The zero-order valence-corrected chi connectivity index (χ0v) is 12.4. The predicted molar refractivity (Wildman–Crippen MR) is 76.3 cm³/mol. The Morgan fingerprint density at radius 1 is 1.26 bits per heavy atom. The molecule has 0 spiro atoms. The van der Waals surface area contributed by atoms with Crippen molar-refractivity contribution in [1.82, 2.24) is 15.0 Å². The molecule has 106 valence electrons. The van der Waals surface area contributed by atoms with Crippen LogP contribution in [0.5, 0.6) is 0 Å². The van der Waals surface area contributed by atoms with E-state index in [2.05, 4.69) is 15.0 Å². The summed E-state index contributed by atoms with van der Waals surface area (Å²) in [6.45, 7) is 7.57. The lowest BCUT2D eigenvalue weighted by molar-refractivity contribution is 0.0938. The van der Waals surface area contributed by atoms with Crippen molar-refractivity contribution in [2.75, 3.05) is 5.73 Å². The number of nitrogens with zero attached hydrogens (tertiary/aromatic N) is 1. The molecule has 0 aliphatic carbocycles. The molecule has 7 heteroatoms. The first-order valence-electron chi connectivity index (χ1n) is 6.23. The highest BCUT2D eigenvalue weighted by molar-refractivity contribution is 7.09. The highest BCUT2D eigenvalue weighted by atomic mass is 32.1. The van der Waals surface area contributed by atoms with E-state index in [1.807, 2.05) is 27.7 Å². The molecule has 6 nitrogen and oxygen atoms in total. The highest BCUT2D eigenvalue weighted by Crippen LogP contribution is 2.21. The fourth-order valence-corrected chi connectivity index (χ4v) is 2.05. The first kappa shape index (κ1) is 15.4. The molecule has 0 fully saturated rings. The maximum absolute atomic E-state index is 11.9. The first-order chi connectivity index (χ1) is 8.86. The topological polar surface area (TPSA) is 97.1 Å². The number of nitrogen functional groups attached to an aromatic ring is 1. The molecule has 1 rings (SSSR count). The summed E-state index contributed by atoms with van der Waals surface area (Å²) in [5, 5.41) is 5.50. The molecule has 0 aliphatic rings. The Hall–Kier alpha value is -1.63. The van der Waals surface area contributed by atoms with Crippen molar-refractivity contribution in [2.24, 2.45) is 0 Å². The van der Waals surface area contributed by atoms with Crippen LogP contribution < -0.4 is 16.4 Å². The smallest absolute Gasteiger partial charge is 0.273 e. The standard InChI is InChI=1S/C12H20N4O2S/c1-5-7(4)15-12(18)10-8(13)9(16-19-10)11(17)14-6(2)3/h6-7H,5,13H2,1-4H3,(H,14,17)(H,15,18)/t7-/m0/s1. The lowest BCUT2D eigenvalue weighted by atomic mass is 10.2. The number of aromatic nitrogens is 1. The molecule has 1 aromatic heterocycles. The molecule has 1 atom stereocenters. The summed E-state index contributed by atoms with van der Waals surface area (Å²) in [5.41, 5.74) is 6.09. The molecule has 2 amide bonds. The summed E-state index contributed by atoms with van der Waals surface area (Å²) in [7, 11) is 0. The van der Waals surface area contributed by atoms with Gasteiger partial charge < -0.3 is 16.4 Å². The Labute approximate surface area is 116 Å². The van der Waals surface area contributed by atoms with Crippen LogP contribution >= 0.6 is 11.5 Å². The monoisotopic (exact) mass is 284 g/mol. The third-order valence-corrected chi connectivity index (χ3v) is 3.42. The number of nitrogens with one attached hydrogen (secondary N) is 2. The van der Waals surface area contributed by atoms with Crippen molar-refractivity contribution >= 4 is 29.0 Å². The van der Waals surface area contributed by atoms with Crippen LogP contribution in [0.25, 0.3) is 0 Å². The second-order valence-corrected chi connectivity index (χ2v) is 5.46. The van der Waals surface area contributed by atoms with E-state index >= 15 is 0 Å². The Morgan fingerprint density at radius 3 is 2.42 bits per heavy atom. The fraction of sp³-hybridized carbons (Fsp3) is 0.583. The number of amides is 2. The average molecular weight is 284 g/mol. The van der Waals surface area contributed by atoms with E-state index in [4.69, 9.17) is 5.73 Å². The Kier molecular flexibility index (Phi) is 5.29. The van der Waals surface area contributed by atoms with E-state index in [1.165, 1.54) is 0 Å². The van der Waals surface area contributed by atoms with Gasteiger partial charge in [-0.3, -0.25) is 9.59 Å². The fourth-order valence-electron chi connectivity index (χ4n) is 1.35. The normalized spacial score (nSPS) is 12.3. The minimum atomic E-state index is -0.355. The molecular formula is C12H20N4O2S. The largest absolute Gasteiger partial charge is 0.395 e. The van der Waals surface area contributed by atoms with Crippen molar-refractivity contribution in [2.45, 2.75) is 46.2 Å². The van der Waals surface area contributed by atoms with Crippen LogP contribution in [0, 0.1) is 0 Å². The molecule has 0 radical (unpaired) electrons. The lowest BCUT2D eigenvalue weighted by Gasteiger charge is -2.10. The van der Waals surface area contributed by atoms with E-state index < -0.39 is 0 Å². The molecule has 4 N–H and O–H groups in total. The van der Waals surface area contributed by atoms with Gasteiger partial charge in [0.05, 0.1) is 5.69 Å². The van der Waals surface area contributed by atoms with Gasteiger partial charge in [0, 0.05) is 12.1 Å². The van der Waals surface area contributed by atoms with Gasteiger partial charge in [0.25, 0.3) is 11.8 Å². The summed E-state index contributed by atoms with van der Waals surface area (Å²) in [4.78, 5) is 24.0. The summed E-state index contributed by atoms with van der Waals surface area (Å²) < 4.78 is 3.97. The Balaban J connectivity index is 2.86. The maximum Gasteiger partial charge on any atom is 0.273 e. The average Bonchev–Trinajstić information content (AvgIpc) is 2.70. The Bertz CT molecular complexity index is 470. The van der Waals surface area contributed by atoms with Crippen LogP contribution in [0.1, 0.15) is 54.3 Å². The number of nitrogens with two attached hydrogens (primary N) is 1. The van der Waals surface area contributed by atoms with Crippen LogP contribution in [0.4, 0.5) is 5.69 Å². The molecule has 0 saturated carbocycles. The minimum absolute atomic E-state index is 0.00834. The van der Waals surface area contributed by atoms with Crippen LogP contribution in [0.2, 0.25) is 0 Å². The minimum Gasteiger partial charge on any atom is -0.395 e. The van der Waals surface area contributed by atoms with E-state index in [9.17, 15) is 9.59 Å². The van der Waals surface area contributed by atoms with Crippen molar-refractivity contribution in [3.8, 4) is 0 Å². The molecule has 0 aliphatic heterocycles. The zero-order valence-electron chi connectivity index (χ0n) is 11.6. The van der Waals surface area contributed by atoms with Crippen LogP contribution in [0.3, 0.4) is 0 Å². The first-order valence-corrected chi connectivity index (χ1v) is 7.01. The van der Waals surface area contributed by atoms with Crippen molar-refractivity contribution in [3.63, 3.8) is 0 Å². The number of carbonyl (C=O) groups excluding carboxylic acids is 2. The highest BCUT2D eigenvalue weighted by Gasteiger charge is 2.22. The van der Waals surface area contributed by atoms with Gasteiger partial charge >= 0.3 is 0 Å². The van der Waals surface area contributed by atoms with E-state index in [-0.39, 0.29) is 40.2 Å². The Morgan fingerprint density at radius 2 is 1.89 bits per heavy atom. The number of hydrogen-bond donors (Lipinski definition) is 3. The molecule has 1 heterocycles. The molecular weight excluding hydrogens is 264 g/mol. The lowest BCUT2D eigenvalue weighted by Crippen LogP contribution is -2.32. The molecule has 0 aromatic carbocycles. The van der Waals surface area contributed by atoms with Gasteiger partial charge in [0.15, 0.2) is 5.69 Å². The maximum atomic E-state index is 11.9. The van der Waals surface area contributed by atoms with Gasteiger partial charge in [0.1, 0.15) is 4.88 Å². The van der Waals surface area contributed by atoms with Gasteiger partial charge in [-0.25, -0.2) is 0 Å². The molecule has 1 aromatic rings. The van der Waals surface area contributed by atoms with Crippen LogP contribution in [-0.2, 0) is 0 Å². The number of anilines is 1. The summed E-state index contributed by atoms with van der Waals surface area (Å²) in [6.07, 6.45) is 0.825. The summed E-state index contributed by atoms with van der Waals surface area (Å²) in [5.74, 6) is -0.640.